The molecule has 1 aromatic rings. The van der Waals surface area contributed by atoms with Crippen molar-refractivity contribution in [3.63, 3.8) is 0 Å². The van der Waals surface area contributed by atoms with E-state index in [4.69, 9.17) is 12.2 Å². The molecule has 2 rings (SSSR count). The van der Waals surface area contributed by atoms with E-state index in [1.165, 1.54) is 37.9 Å². The van der Waals surface area contributed by atoms with Crippen molar-refractivity contribution in [2.45, 2.75) is 32.2 Å². The predicted octanol–water partition coefficient (Wildman–Crippen LogP) is 2.70. The second kappa shape index (κ2) is 8.22. The lowest BCUT2D eigenvalue weighted by molar-refractivity contribution is 0.232. The van der Waals surface area contributed by atoms with Crippen LogP contribution in [-0.4, -0.2) is 36.2 Å². The molecule has 0 saturated carbocycles. The van der Waals surface area contributed by atoms with E-state index in [-0.39, 0.29) is 6.04 Å². The molecule has 2 N–H and O–H groups in total. The van der Waals surface area contributed by atoms with Crippen molar-refractivity contribution in [3.05, 3.63) is 35.9 Å². The maximum absolute atomic E-state index is 5.36. The van der Waals surface area contributed by atoms with Gasteiger partial charge < -0.3 is 15.5 Å². The summed E-state index contributed by atoms with van der Waals surface area (Å²) in [6, 6.07) is 10.6. The van der Waals surface area contributed by atoms with Gasteiger partial charge in [-0.3, -0.25) is 0 Å². The monoisotopic (exact) mass is 291 g/mol. The quantitative estimate of drug-likeness (QED) is 0.816. The van der Waals surface area contributed by atoms with Gasteiger partial charge in [0.1, 0.15) is 0 Å². The van der Waals surface area contributed by atoms with Gasteiger partial charge in [0.15, 0.2) is 5.11 Å². The minimum Gasteiger partial charge on any atom is -0.361 e. The van der Waals surface area contributed by atoms with E-state index in [2.05, 4.69) is 46.7 Å². The minimum absolute atomic E-state index is 0.242. The first kappa shape index (κ1) is 15.3. The van der Waals surface area contributed by atoms with Crippen molar-refractivity contribution in [3.8, 4) is 0 Å². The summed E-state index contributed by atoms with van der Waals surface area (Å²) in [5.41, 5.74) is 1.26. The van der Waals surface area contributed by atoms with E-state index in [1.807, 2.05) is 6.07 Å². The number of hydrogen-bond acceptors (Lipinski definition) is 2. The summed E-state index contributed by atoms with van der Waals surface area (Å²) in [7, 11) is 0. The second-order valence-corrected chi connectivity index (χ2v) is 5.84. The number of nitrogens with one attached hydrogen (secondary N) is 2. The number of benzene rings is 1. The van der Waals surface area contributed by atoms with Crippen molar-refractivity contribution >= 4 is 17.3 Å². The first-order valence-corrected chi connectivity index (χ1v) is 7.98. The molecule has 0 spiro atoms. The van der Waals surface area contributed by atoms with Crippen molar-refractivity contribution in [1.29, 1.82) is 0 Å². The fourth-order valence-electron chi connectivity index (χ4n) is 2.58. The Morgan fingerprint density at radius 3 is 2.60 bits per heavy atom. The van der Waals surface area contributed by atoms with Gasteiger partial charge in [0.05, 0.1) is 6.04 Å². The van der Waals surface area contributed by atoms with Crippen molar-refractivity contribution in [2.24, 2.45) is 0 Å². The number of likely N-dealkylation sites (tertiary alicyclic amines) is 1. The molecule has 4 heteroatoms. The molecule has 0 unspecified atom stereocenters. The van der Waals surface area contributed by atoms with E-state index in [0.29, 0.717) is 0 Å². The first-order valence-electron chi connectivity index (χ1n) is 7.57. The highest BCUT2D eigenvalue weighted by Gasteiger charge is 2.10. The molecule has 110 valence electrons. The highest BCUT2D eigenvalue weighted by molar-refractivity contribution is 7.80. The van der Waals surface area contributed by atoms with Crippen LogP contribution in [-0.2, 0) is 0 Å². The van der Waals surface area contributed by atoms with Crippen molar-refractivity contribution in [1.82, 2.24) is 15.5 Å². The maximum atomic E-state index is 5.36. The van der Waals surface area contributed by atoms with Gasteiger partial charge in [0.25, 0.3) is 0 Å². The lowest BCUT2D eigenvalue weighted by Gasteiger charge is -2.26. The molecule has 1 heterocycles. The number of thiocarbonyl (C=S) groups is 1. The molecule has 1 aromatic carbocycles. The zero-order valence-electron chi connectivity index (χ0n) is 12.3. The Bertz CT molecular complexity index is 401. The van der Waals surface area contributed by atoms with Gasteiger partial charge in [0, 0.05) is 13.1 Å². The average Bonchev–Trinajstić information content (AvgIpc) is 2.49. The Hall–Kier alpha value is -1.13. The normalized spacial score (nSPS) is 17.4. The second-order valence-electron chi connectivity index (χ2n) is 5.43. The summed E-state index contributed by atoms with van der Waals surface area (Å²) < 4.78 is 0. The highest BCUT2D eigenvalue weighted by Crippen LogP contribution is 2.10. The van der Waals surface area contributed by atoms with E-state index < -0.39 is 0 Å². The van der Waals surface area contributed by atoms with E-state index in [1.54, 1.807) is 0 Å². The molecule has 1 fully saturated rings. The van der Waals surface area contributed by atoms with Crippen LogP contribution in [0.5, 0.6) is 0 Å². The van der Waals surface area contributed by atoms with Crippen LogP contribution in [0.4, 0.5) is 0 Å². The van der Waals surface area contributed by atoms with Crippen LogP contribution in [0.3, 0.4) is 0 Å². The van der Waals surface area contributed by atoms with Crippen LogP contribution in [0.15, 0.2) is 30.3 Å². The molecule has 1 aliphatic rings. The van der Waals surface area contributed by atoms with Gasteiger partial charge in [0.2, 0.25) is 0 Å². The smallest absolute Gasteiger partial charge is 0.166 e. The van der Waals surface area contributed by atoms with Crippen LogP contribution in [0, 0.1) is 0 Å². The zero-order valence-corrected chi connectivity index (χ0v) is 13.1. The summed E-state index contributed by atoms with van der Waals surface area (Å²) in [5.74, 6) is 0. The third kappa shape index (κ3) is 5.10. The molecule has 0 aliphatic carbocycles. The standard InChI is InChI=1S/C16H25N3S/c1-14(15-8-4-2-5-9-15)18-16(20)17-10-13-19-11-6-3-7-12-19/h2,4-5,8-9,14H,3,6-7,10-13H2,1H3,(H2,17,18,20)/t14-/m1/s1. The Morgan fingerprint density at radius 1 is 1.20 bits per heavy atom. The molecular weight excluding hydrogens is 266 g/mol. The average molecular weight is 291 g/mol. The van der Waals surface area contributed by atoms with Gasteiger partial charge in [-0.25, -0.2) is 0 Å². The first-order chi connectivity index (χ1) is 9.75. The lowest BCUT2D eigenvalue weighted by atomic mass is 10.1. The van der Waals surface area contributed by atoms with Gasteiger partial charge in [-0.2, -0.15) is 0 Å². The van der Waals surface area contributed by atoms with Crippen LogP contribution in [0.2, 0.25) is 0 Å². The SMILES string of the molecule is C[C@@H](NC(=S)NCCN1CCCCC1)c1ccccc1. The van der Waals surface area contributed by atoms with Crippen LogP contribution >= 0.6 is 12.2 Å². The molecule has 0 radical (unpaired) electrons. The fourth-order valence-corrected chi connectivity index (χ4v) is 2.86. The Balaban J connectivity index is 1.65. The molecular formula is C16H25N3S. The molecule has 1 saturated heterocycles. The lowest BCUT2D eigenvalue weighted by Crippen LogP contribution is -2.42. The van der Waals surface area contributed by atoms with E-state index in [0.717, 1.165) is 18.2 Å². The fraction of sp³-hybridized carbons (Fsp3) is 0.562. The summed E-state index contributed by atoms with van der Waals surface area (Å²) in [6.45, 7) is 6.62. The molecule has 1 atom stereocenters. The molecule has 0 bridgehead atoms. The predicted molar refractivity (Wildman–Crippen MR) is 88.9 cm³/mol. The Kier molecular flexibility index (Phi) is 6.27. The van der Waals surface area contributed by atoms with Gasteiger partial charge in [-0.1, -0.05) is 36.8 Å². The van der Waals surface area contributed by atoms with E-state index >= 15 is 0 Å². The van der Waals surface area contributed by atoms with Crippen molar-refractivity contribution < 1.29 is 0 Å². The largest absolute Gasteiger partial charge is 0.361 e. The van der Waals surface area contributed by atoms with E-state index in [9.17, 15) is 0 Å². The third-order valence-corrected chi connectivity index (χ3v) is 4.07. The summed E-state index contributed by atoms with van der Waals surface area (Å²) >= 11 is 5.36. The highest BCUT2D eigenvalue weighted by atomic mass is 32.1. The molecule has 1 aliphatic heterocycles. The Morgan fingerprint density at radius 2 is 1.90 bits per heavy atom. The number of hydrogen-bond donors (Lipinski definition) is 2. The topological polar surface area (TPSA) is 27.3 Å². The van der Waals surface area contributed by atoms with Crippen LogP contribution < -0.4 is 10.6 Å². The van der Waals surface area contributed by atoms with Crippen LogP contribution in [0.1, 0.15) is 37.8 Å². The molecule has 0 aromatic heterocycles. The van der Waals surface area contributed by atoms with Gasteiger partial charge >= 0.3 is 0 Å². The maximum Gasteiger partial charge on any atom is 0.166 e. The van der Waals surface area contributed by atoms with Gasteiger partial charge in [-0.05, 0) is 50.6 Å². The molecule has 0 amide bonds. The number of rotatable bonds is 5. The summed E-state index contributed by atoms with van der Waals surface area (Å²) in [4.78, 5) is 2.51. The zero-order chi connectivity index (χ0) is 14.2. The third-order valence-electron chi connectivity index (χ3n) is 3.81. The summed E-state index contributed by atoms with van der Waals surface area (Å²) in [6.07, 6.45) is 4.07. The minimum atomic E-state index is 0.242. The Labute approximate surface area is 127 Å². The van der Waals surface area contributed by atoms with Gasteiger partial charge in [-0.15, -0.1) is 0 Å². The number of piperidine rings is 1. The van der Waals surface area contributed by atoms with Crippen molar-refractivity contribution in [2.75, 3.05) is 26.2 Å². The summed E-state index contributed by atoms with van der Waals surface area (Å²) in [5, 5.41) is 7.39. The molecule has 3 nitrogen and oxygen atoms in total. The molecule has 20 heavy (non-hydrogen) atoms. The number of nitrogens with zero attached hydrogens (tertiary/aromatic N) is 1. The van der Waals surface area contributed by atoms with Crippen LogP contribution in [0.25, 0.3) is 0 Å².